The van der Waals surface area contributed by atoms with Crippen LogP contribution in [0.15, 0.2) is 64.5 Å². The number of hydrogen-bond acceptors (Lipinski definition) is 8. The maximum atomic E-state index is 12.5. The minimum absolute atomic E-state index is 0.176. The average molecular weight is 440 g/mol. The first-order valence-electron chi connectivity index (χ1n) is 9.51. The Morgan fingerprint density at radius 1 is 1.06 bits per heavy atom. The first-order chi connectivity index (χ1) is 14.9. The smallest absolute Gasteiger partial charge is 0.240 e. The Kier molecular flexibility index (Phi) is 5.78. The average Bonchev–Trinajstić information content (AvgIpc) is 3.40. The second-order valence-electron chi connectivity index (χ2n) is 6.76. The summed E-state index contributed by atoms with van der Waals surface area (Å²) in [5.74, 6) is 1.74. The number of hydrogen-bond donors (Lipinski definition) is 2. The summed E-state index contributed by atoms with van der Waals surface area (Å²) in [4.78, 5) is 12.7. The van der Waals surface area contributed by atoms with E-state index in [1.165, 1.54) is 24.7 Å². The summed E-state index contributed by atoms with van der Waals surface area (Å²) < 4.78 is 34.5. The zero-order chi connectivity index (χ0) is 21.8. The van der Waals surface area contributed by atoms with Gasteiger partial charge in [-0.1, -0.05) is 12.1 Å². The van der Waals surface area contributed by atoms with Gasteiger partial charge in [0.1, 0.15) is 24.1 Å². The van der Waals surface area contributed by atoms with Crippen LogP contribution in [0.5, 0.6) is 0 Å². The van der Waals surface area contributed by atoms with Crippen LogP contribution in [-0.4, -0.2) is 46.2 Å². The van der Waals surface area contributed by atoms with Gasteiger partial charge in [0.25, 0.3) is 0 Å². The van der Waals surface area contributed by atoms with Gasteiger partial charge in [-0.05, 0) is 25.1 Å². The Morgan fingerprint density at radius 2 is 1.87 bits per heavy atom. The molecule has 0 fully saturated rings. The number of aryl methyl sites for hydroxylation is 2. The van der Waals surface area contributed by atoms with Gasteiger partial charge in [-0.25, -0.2) is 32.8 Å². The lowest BCUT2D eigenvalue weighted by Crippen LogP contribution is -2.29. The van der Waals surface area contributed by atoms with Gasteiger partial charge in [-0.2, -0.15) is 5.10 Å². The van der Waals surface area contributed by atoms with E-state index in [2.05, 4.69) is 30.1 Å². The standard InChI is InChI=1S/C20H21N7O3S/c1-14-7-10-27(26-14)20-11-19(22-13-23-20)21-8-9-24-31(28,29)17-5-3-16(4-6-17)18-12-30-15(2)25-18/h3-7,10-13,24H,8-9H2,1-2H3,(H,21,22,23). The van der Waals surface area contributed by atoms with Crippen molar-refractivity contribution in [1.29, 1.82) is 0 Å². The number of benzene rings is 1. The third-order valence-corrected chi connectivity index (χ3v) is 5.89. The number of nitrogens with zero attached hydrogens (tertiary/aromatic N) is 5. The maximum Gasteiger partial charge on any atom is 0.240 e. The van der Waals surface area contributed by atoms with Gasteiger partial charge in [0.15, 0.2) is 11.7 Å². The highest BCUT2D eigenvalue weighted by atomic mass is 32.2. The summed E-state index contributed by atoms with van der Waals surface area (Å²) in [5.41, 5.74) is 2.32. The summed E-state index contributed by atoms with van der Waals surface area (Å²) in [6, 6.07) is 10.1. The quantitative estimate of drug-likeness (QED) is 0.400. The van der Waals surface area contributed by atoms with E-state index >= 15 is 0 Å². The molecule has 0 aliphatic carbocycles. The molecule has 0 saturated carbocycles. The Morgan fingerprint density at radius 3 is 2.55 bits per heavy atom. The van der Waals surface area contributed by atoms with Gasteiger partial charge >= 0.3 is 0 Å². The van der Waals surface area contributed by atoms with Gasteiger partial charge in [0.2, 0.25) is 10.0 Å². The molecule has 0 bridgehead atoms. The minimum Gasteiger partial charge on any atom is -0.449 e. The van der Waals surface area contributed by atoms with Gasteiger partial charge in [-0.3, -0.25) is 0 Å². The van der Waals surface area contributed by atoms with Crippen molar-refractivity contribution in [3.63, 3.8) is 0 Å². The molecule has 0 amide bonds. The van der Waals surface area contributed by atoms with E-state index in [0.29, 0.717) is 29.8 Å². The van der Waals surface area contributed by atoms with E-state index in [-0.39, 0.29) is 11.4 Å². The number of sulfonamides is 1. The van der Waals surface area contributed by atoms with Gasteiger partial charge < -0.3 is 9.73 Å². The highest BCUT2D eigenvalue weighted by Gasteiger charge is 2.14. The molecule has 4 rings (SSSR count). The van der Waals surface area contributed by atoms with Gasteiger partial charge in [0, 0.05) is 37.8 Å². The van der Waals surface area contributed by atoms with E-state index in [1.54, 1.807) is 29.8 Å². The molecule has 3 aromatic heterocycles. The van der Waals surface area contributed by atoms with Crippen LogP contribution >= 0.6 is 0 Å². The molecule has 0 radical (unpaired) electrons. The molecule has 0 aliphatic rings. The summed E-state index contributed by atoms with van der Waals surface area (Å²) in [7, 11) is -3.64. The Hall–Kier alpha value is -3.57. The van der Waals surface area contributed by atoms with Crippen LogP contribution in [0.4, 0.5) is 5.82 Å². The van der Waals surface area contributed by atoms with Gasteiger partial charge in [0.05, 0.1) is 10.6 Å². The fraction of sp³-hybridized carbons (Fsp3) is 0.200. The number of anilines is 1. The minimum atomic E-state index is -3.64. The van der Waals surface area contributed by atoms with Crippen LogP contribution in [0.2, 0.25) is 0 Å². The lowest BCUT2D eigenvalue weighted by Gasteiger charge is -2.09. The number of nitrogens with one attached hydrogen (secondary N) is 2. The third kappa shape index (κ3) is 4.95. The molecule has 0 spiro atoms. The molecule has 0 aliphatic heterocycles. The Bertz CT molecular complexity index is 1280. The monoisotopic (exact) mass is 439 g/mol. The van der Waals surface area contributed by atoms with Crippen molar-refractivity contribution in [3.8, 4) is 17.1 Å². The van der Waals surface area contributed by atoms with E-state index in [1.807, 2.05) is 19.2 Å². The topological polar surface area (TPSA) is 128 Å². The van der Waals surface area contributed by atoms with E-state index in [9.17, 15) is 8.42 Å². The molecule has 31 heavy (non-hydrogen) atoms. The predicted octanol–water partition coefficient (Wildman–Crippen LogP) is 2.32. The van der Waals surface area contributed by atoms with Crippen molar-refractivity contribution in [2.24, 2.45) is 0 Å². The third-order valence-electron chi connectivity index (χ3n) is 4.41. The number of rotatable bonds is 8. The fourth-order valence-electron chi connectivity index (χ4n) is 2.87. The summed E-state index contributed by atoms with van der Waals surface area (Å²) in [6.45, 7) is 4.18. The first-order valence-corrected chi connectivity index (χ1v) is 11.0. The molecule has 10 nitrogen and oxygen atoms in total. The number of oxazole rings is 1. The molecular formula is C20H21N7O3S. The summed E-state index contributed by atoms with van der Waals surface area (Å²) >= 11 is 0. The zero-order valence-electron chi connectivity index (χ0n) is 17.0. The van der Waals surface area contributed by atoms with Crippen molar-refractivity contribution < 1.29 is 12.8 Å². The molecule has 4 aromatic rings. The molecule has 11 heteroatoms. The molecular weight excluding hydrogens is 418 g/mol. The Balaban J connectivity index is 1.33. The summed E-state index contributed by atoms with van der Waals surface area (Å²) in [5, 5.41) is 7.39. The van der Waals surface area contributed by atoms with Crippen molar-refractivity contribution in [3.05, 3.63) is 66.8 Å². The maximum absolute atomic E-state index is 12.5. The summed E-state index contributed by atoms with van der Waals surface area (Å²) in [6.07, 6.45) is 4.77. The lowest BCUT2D eigenvalue weighted by atomic mass is 10.2. The molecule has 0 unspecified atom stereocenters. The SMILES string of the molecule is Cc1ccn(-c2cc(NCCNS(=O)(=O)c3ccc(-c4coc(C)n4)cc3)ncn2)n1. The van der Waals surface area contributed by atoms with Crippen molar-refractivity contribution in [2.45, 2.75) is 18.7 Å². The molecule has 0 saturated heterocycles. The lowest BCUT2D eigenvalue weighted by molar-refractivity contribution is 0.521. The first kappa shape index (κ1) is 20.7. The molecule has 160 valence electrons. The van der Waals surface area contributed by atoms with Crippen LogP contribution in [0.1, 0.15) is 11.6 Å². The van der Waals surface area contributed by atoms with Crippen molar-refractivity contribution in [2.75, 3.05) is 18.4 Å². The molecule has 2 N–H and O–H groups in total. The molecule has 1 aromatic carbocycles. The molecule has 3 heterocycles. The van der Waals surface area contributed by atoms with E-state index in [0.717, 1.165) is 11.3 Å². The van der Waals surface area contributed by atoms with Crippen LogP contribution in [0.3, 0.4) is 0 Å². The molecule has 0 atom stereocenters. The second-order valence-corrected chi connectivity index (χ2v) is 8.53. The van der Waals surface area contributed by atoms with Gasteiger partial charge in [-0.15, -0.1) is 0 Å². The van der Waals surface area contributed by atoms with E-state index in [4.69, 9.17) is 4.42 Å². The second kappa shape index (κ2) is 8.66. The Labute approximate surface area is 179 Å². The normalized spacial score (nSPS) is 11.5. The fourth-order valence-corrected chi connectivity index (χ4v) is 3.90. The predicted molar refractivity (Wildman–Crippen MR) is 114 cm³/mol. The zero-order valence-corrected chi connectivity index (χ0v) is 17.8. The van der Waals surface area contributed by atoms with Crippen LogP contribution in [-0.2, 0) is 10.0 Å². The van der Waals surface area contributed by atoms with E-state index < -0.39 is 10.0 Å². The van der Waals surface area contributed by atoms with Crippen LogP contribution in [0.25, 0.3) is 17.1 Å². The van der Waals surface area contributed by atoms with Crippen molar-refractivity contribution >= 4 is 15.8 Å². The highest BCUT2D eigenvalue weighted by molar-refractivity contribution is 7.89. The van der Waals surface area contributed by atoms with Crippen LogP contribution in [0, 0.1) is 13.8 Å². The highest BCUT2D eigenvalue weighted by Crippen LogP contribution is 2.20. The van der Waals surface area contributed by atoms with Crippen LogP contribution < -0.4 is 10.0 Å². The number of aromatic nitrogens is 5. The largest absolute Gasteiger partial charge is 0.449 e. The van der Waals surface area contributed by atoms with Crippen molar-refractivity contribution in [1.82, 2.24) is 29.5 Å².